The van der Waals surface area contributed by atoms with Crippen LogP contribution in [0.3, 0.4) is 0 Å². The third-order valence-electron chi connectivity index (χ3n) is 10.4. The maximum Gasteiger partial charge on any atom is 0.187 e. The van der Waals surface area contributed by atoms with E-state index in [4.69, 9.17) is 5.73 Å². The number of para-hydroxylation sites is 1. The Kier molecular flexibility index (Phi) is 7.21. The van der Waals surface area contributed by atoms with Crippen LogP contribution >= 0.6 is 0 Å². The number of nitrogens with two attached hydrogens (primary N) is 1. The highest BCUT2D eigenvalue weighted by atomic mass is 32.2. The summed E-state index contributed by atoms with van der Waals surface area (Å²) in [7, 11) is -6.73. The number of nitrogen functional groups attached to an aromatic ring is 1. The van der Waals surface area contributed by atoms with Crippen molar-refractivity contribution in [3.63, 3.8) is 0 Å². The fourth-order valence-corrected chi connectivity index (χ4v) is 13.3. The van der Waals surface area contributed by atoms with Crippen molar-refractivity contribution in [2.24, 2.45) is 0 Å². The summed E-state index contributed by atoms with van der Waals surface area (Å²) in [6, 6.07) is 45.9. The molecule has 2 atom stereocenters. The molecule has 8 rings (SSSR count). The predicted molar refractivity (Wildman–Crippen MR) is 200 cm³/mol. The van der Waals surface area contributed by atoms with E-state index < -0.39 is 30.0 Å². The fraction of sp³-hybridized carbons (Fsp3) is 0.143. The number of hydrogen-bond donors (Lipinski definition) is 3. The van der Waals surface area contributed by atoms with Gasteiger partial charge in [0.1, 0.15) is 5.25 Å². The Morgan fingerprint density at radius 2 is 1.12 bits per heavy atom. The molecule has 0 saturated carbocycles. The predicted octanol–water partition coefficient (Wildman–Crippen LogP) is 10.1. The first kappa shape index (κ1) is 31.3. The Morgan fingerprint density at radius 1 is 0.592 bits per heavy atom. The standard InChI is InChI=1S/C42H37N3O2S2/c1-42(2,36-14-8-9-15-37(36)43)35-13-7-6-12-32(35)24-27-16-18-29(19-17-27)30-20-22-33-38(25-30)48(44,45)40-34-23-21-31(28-10-4-3-5-11-28)26-39(34)49(46,47)41(33)40/h3-23,25-26,40-41,44-45H,24,43H2,1-2H3. The molecule has 2 aliphatic rings. The number of fused-ring (bicyclic) bond motifs is 5. The number of rotatable bonds is 6. The van der Waals surface area contributed by atoms with E-state index in [9.17, 15) is 18.0 Å². The Balaban J connectivity index is 1.09. The average Bonchev–Trinajstić information content (AvgIpc) is 3.50. The second kappa shape index (κ2) is 11.3. The summed E-state index contributed by atoms with van der Waals surface area (Å²) in [4.78, 5) is 0.810. The largest absolute Gasteiger partial charge is 0.398 e. The summed E-state index contributed by atoms with van der Waals surface area (Å²) < 4.78 is 46.9. The van der Waals surface area contributed by atoms with Crippen molar-refractivity contribution in [2.45, 2.75) is 46.0 Å². The first-order valence-corrected chi connectivity index (χ1v) is 19.6. The van der Waals surface area contributed by atoms with Crippen LogP contribution in [0.1, 0.15) is 57.7 Å². The van der Waals surface area contributed by atoms with Crippen molar-refractivity contribution in [2.75, 3.05) is 5.73 Å². The Morgan fingerprint density at radius 3 is 1.80 bits per heavy atom. The molecule has 0 spiro atoms. The van der Waals surface area contributed by atoms with Crippen molar-refractivity contribution >= 4 is 25.1 Å². The maximum atomic E-state index is 14.1. The lowest BCUT2D eigenvalue weighted by atomic mass is 9.74. The summed E-state index contributed by atoms with van der Waals surface area (Å²) in [6.45, 7) is 4.43. The number of hydrogen-bond acceptors (Lipinski definition) is 5. The SMILES string of the molecule is CC(C)(c1ccccc1N)c1ccccc1Cc1ccc(-c2ccc3c(c2)S(=N)(=N)C2c4ccc(-c5ccccc5)cc4S(=O)(=O)C32)cc1. The van der Waals surface area contributed by atoms with Gasteiger partial charge in [-0.3, -0.25) is 9.56 Å². The number of nitrogens with one attached hydrogen (secondary N) is 2. The van der Waals surface area contributed by atoms with Crippen LogP contribution in [0.4, 0.5) is 5.69 Å². The first-order valence-electron chi connectivity index (χ1n) is 16.4. The zero-order chi connectivity index (χ0) is 34.1. The minimum atomic E-state index is -3.77. The fourth-order valence-electron chi connectivity index (χ4n) is 7.89. The molecule has 4 N–H and O–H groups in total. The smallest absolute Gasteiger partial charge is 0.187 e. The topological polar surface area (TPSA) is 108 Å². The normalized spacial score (nSPS) is 18.4. The van der Waals surface area contributed by atoms with Crippen LogP contribution in [0, 0.1) is 9.56 Å². The van der Waals surface area contributed by atoms with Gasteiger partial charge < -0.3 is 5.73 Å². The van der Waals surface area contributed by atoms with Crippen LogP contribution in [-0.4, -0.2) is 8.42 Å². The van der Waals surface area contributed by atoms with Gasteiger partial charge in [0.2, 0.25) is 0 Å². The molecule has 5 nitrogen and oxygen atoms in total. The van der Waals surface area contributed by atoms with E-state index in [-0.39, 0.29) is 10.3 Å². The van der Waals surface area contributed by atoms with Crippen LogP contribution in [-0.2, 0) is 31.3 Å². The first-order chi connectivity index (χ1) is 23.5. The number of benzene rings is 6. The molecule has 0 aromatic heterocycles. The zero-order valence-corrected chi connectivity index (χ0v) is 29.0. The van der Waals surface area contributed by atoms with Gasteiger partial charge >= 0.3 is 0 Å². The van der Waals surface area contributed by atoms with Gasteiger partial charge in [-0.05, 0) is 89.9 Å². The molecule has 0 amide bonds. The summed E-state index contributed by atoms with van der Waals surface area (Å²) in [5.74, 6) is 0. The molecule has 0 fully saturated rings. The molecule has 7 heteroatoms. The molecule has 49 heavy (non-hydrogen) atoms. The number of sulfone groups is 1. The minimum absolute atomic E-state index is 0.266. The molecular formula is C42H37N3O2S2. The highest BCUT2D eigenvalue weighted by Crippen LogP contribution is 2.61. The molecule has 6 aromatic carbocycles. The highest BCUT2D eigenvalue weighted by molar-refractivity contribution is 7.98. The van der Waals surface area contributed by atoms with Gasteiger partial charge in [0.05, 0.1) is 10.1 Å². The molecule has 2 aliphatic heterocycles. The van der Waals surface area contributed by atoms with Crippen LogP contribution < -0.4 is 5.73 Å². The van der Waals surface area contributed by atoms with Crippen molar-refractivity contribution in [1.29, 1.82) is 9.56 Å². The second-order valence-electron chi connectivity index (χ2n) is 13.7. The highest BCUT2D eigenvalue weighted by Gasteiger charge is 2.55. The Labute approximate surface area is 288 Å². The molecule has 0 aliphatic carbocycles. The third kappa shape index (κ3) is 4.94. The molecule has 2 unspecified atom stereocenters. The summed E-state index contributed by atoms with van der Waals surface area (Å²) in [5, 5.41) is -1.61. The van der Waals surface area contributed by atoms with Gasteiger partial charge in [-0.15, -0.1) is 0 Å². The molecule has 0 radical (unpaired) electrons. The molecular weight excluding hydrogens is 643 g/mol. The van der Waals surface area contributed by atoms with E-state index in [0.29, 0.717) is 16.0 Å². The molecule has 244 valence electrons. The lowest BCUT2D eigenvalue weighted by Crippen LogP contribution is -2.22. The molecule has 0 bridgehead atoms. The van der Waals surface area contributed by atoms with Crippen LogP contribution in [0.2, 0.25) is 0 Å². The Hall–Kier alpha value is -4.98. The van der Waals surface area contributed by atoms with Gasteiger partial charge in [-0.25, -0.2) is 8.42 Å². The molecule has 2 heterocycles. The zero-order valence-electron chi connectivity index (χ0n) is 27.4. The van der Waals surface area contributed by atoms with E-state index >= 15 is 0 Å². The average molecular weight is 680 g/mol. The van der Waals surface area contributed by atoms with E-state index in [1.165, 1.54) is 16.7 Å². The van der Waals surface area contributed by atoms with Gasteiger partial charge in [-0.2, -0.15) is 0 Å². The monoisotopic (exact) mass is 679 g/mol. The van der Waals surface area contributed by atoms with E-state index in [1.807, 2.05) is 78.9 Å². The lowest BCUT2D eigenvalue weighted by molar-refractivity contribution is 0.589. The van der Waals surface area contributed by atoms with Gasteiger partial charge in [0.25, 0.3) is 0 Å². The van der Waals surface area contributed by atoms with E-state index in [2.05, 4.69) is 68.4 Å². The minimum Gasteiger partial charge on any atom is -0.398 e. The summed E-state index contributed by atoms with van der Waals surface area (Å²) >= 11 is 0. The van der Waals surface area contributed by atoms with Crippen molar-refractivity contribution in [3.05, 3.63) is 173 Å². The summed E-state index contributed by atoms with van der Waals surface area (Å²) in [5.41, 5.74) is 16.5. The van der Waals surface area contributed by atoms with Crippen molar-refractivity contribution in [3.8, 4) is 22.3 Å². The van der Waals surface area contributed by atoms with Crippen molar-refractivity contribution < 1.29 is 8.42 Å². The number of anilines is 1. The lowest BCUT2D eigenvalue weighted by Gasteiger charge is -2.30. The maximum absolute atomic E-state index is 14.1. The van der Waals surface area contributed by atoms with E-state index in [1.54, 1.807) is 6.07 Å². The Bertz CT molecular complexity index is 2490. The molecule has 6 aromatic rings. The van der Waals surface area contributed by atoms with E-state index in [0.717, 1.165) is 39.9 Å². The van der Waals surface area contributed by atoms with Crippen LogP contribution in [0.5, 0.6) is 0 Å². The van der Waals surface area contributed by atoms with Gasteiger partial charge in [0, 0.05) is 16.0 Å². The quantitative estimate of drug-likeness (QED) is 0.153. The van der Waals surface area contributed by atoms with Crippen molar-refractivity contribution in [1.82, 2.24) is 0 Å². The van der Waals surface area contributed by atoms with Crippen LogP contribution in [0.15, 0.2) is 149 Å². The van der Waals surface area contributed by atoms with Gasteiger partial charge in [-0.1, -0.05) is 135 Å². The summed E-state index contributed by atoms with van der Waals surface area (Å²) in [6.07, 6.45) is 0.760. The third-order valence-corrected chi connectivity index (χ3v) is 15.1. The second-order valence-corrected chi connectivity index (χ2v) is 18.0. The van der Waals surface area contributed by atoms with Gasteiger partial charge in [0.15, 0.2) is 9.84 Å². The molecule has 0 saturated heterocycles. The van der Waals surface area contributed by atoms with Crippen LogP contribution in [0.25, 0.3) is 22.3 Å².